The second kappa shape index (κ2) is 5.51. The maximum absolute atomic E-state index is 13.9. The number of pyridine rings is 1. The second-order valence-corrected chi connectivity index (χ2v) is 5.07. The number of nitrogens with one attached hydrogen (secondary N) is 1. The van der Waals surface area contributed by atoms with Crippen LogP contribution >= 0.6 is 0 Å². The third-order valence-electron chi connectivity index (χ3n) is 2.86. The Labute approximate surface area is 111 Å². The molecule has 0 aliphatic rings. The Kier molecular flexibility index (Phi) is 3.98. The number of halogens is 2. The van der Waals surface area contributed by atoms with Crippen LogP contribution in [0.25, 0.3) is 10.9 Å². The zero-order valence-corrected chi connectivity index (χ0v) is 11.4. The molecule has 2 rings (SSSR count). The summed E-state index contributed by atoms with van der Waals surface area (Å²) in [6, 6.07) is 4.03. The number of hydrogen-bond acceptors (Lipinski definition) is 2. The van der Waals surface area contributed by atoms with Gasteiger partial charge in [0.05, 0.1) is 10.9 Å². The molecule has 0 aliphatic heterocycles. The average molecular weight is 264 g/mol. The highest BCUT2D eigenvalue weighted by Gasteiger charge is 2.12. The van der Waals surface area contributed by atoms with Gasteiger partial charge in [-0.3, -0.25) is 4.98 Å². The number of aromatic nitrogens is 1. The maximum Gasteiger partial charge on any atom is 0.137 e. The van der Waals surface area contributed by atoms with E-state index in [4.69, 9.17) is 0 Å². The second-order valence-electron chi connectivity index (χ2n) is 5.07. The molecule has 2 aromatic rings. The zero-order valence-electron chi connectivity index (χ0n) is 11.4. The summed E-state index contributed by atoms with van der Waals surface area (Å²) in [5.41, 5.74) is 1.90. The van der Waals surface area contributed by atoms with E-state index >= 15 is 0 Å². The SMILES string of the molecule is CCNc1cc(CC(C)C)nc2cc(F)cc(F)c12. The highest BCUT2D eigenvalue weighted by atomic mass is 19.1. The minimum atomic E-state index is -0.596. The van der Waals surface area contributed by atoms with Crippen LogP contribution in [0.3, 0.4) is 0 Å². The summed E-state index contributed by atoms with van der Waals surface area (Å²) in [4.78, 5) is 4.36. The fourth-order valence-corrected chi connectivity index (χ4v) is 2.19. The van der Waals surface area contributed by atoms with Gasteiger partial charge in [0.1, 0.15) is 11.6 Å². The highest BCUT2D eigenvalue weighted by Crippen LogP contribution is 2.27. The zero-order chi connectivity index (χ0) is 14.0. The third-order valence-corrected chi connectivity index (χ3v) is 2.86. The molecule has 2 nitrogen and oxygen atoms in total. The van der Waals surface area contributed by atoms with Crippen molar-refractivity contribution >= 4 is 16.6 Å². The Morgan fingerprint density at radius 2 is 1.95 bits per heavy atom. The molecule has 0 aliphatic carbocycles. The van der Waals surface area contributed by atoms with Crippen molar-refractivity contribution in [1.82, 2.24) is 4.98 Å². The first-order valence-electron chi connectivity index (χ1n) is 6.53. The molecular formula is C15H18F2N2. The molecular weight excluding hydrogens is 246 g/mol. The molecule has 0 atom stereocenters. The monoisotopic (exact) mass is 264 g/mol. The summed E-state index contributed by atoms with van der Waals surface area (Å²) in [6.07, 6.45) is 0.784. The third kappa shape index (κ3) is 3.00. The summed E-state index contributed by atoms with van der Waals surface area (Å²) < 4.78 is 27.2. The minimum Gasteiger partial charge on any atom is -0.385 e. The van der Waals surface area contributed by atoms with Crippen LogP contribution in [-0.4, -0.2) is 11.5 Å². The lowest BCUT2D eigenvalue weighted by Gasteiger charge is -2.12. The van der Waals surface area contributed by atoms with E-state index in [0.29, 0.717) is 29.1 Å². The van der Waals surface area contributed by atoms with Crippen molar-refractivity contribution in [3.8, 4) is 0 Å². The molecule has 0 amide bonds. The Hall–Kier alpha value is -1.71. The van der Waals surface area contributed by atoms with Crippen LogP contribution in [0.2, 0.25) is 0 Å². The van der Waals surface area contributed by atoms with Gasteiger partial charge in [-0.05, 0) is 25.3 Å². The first-order chi connectivity index (χ1) is 9.01. The molecule has 0 saturated heterocycles. The van der Waals surface area contributed by atoms with E-state index in [1.54, 1.807) is 0 Å². The standard InChI is InChI=1S/C15H18F2N2/c1-4-18-13-8-11(5-9(2)3)19-14-7-10(16)6-12(17)15(13)14/h6-9H,4-5H2,1-3H3,(H,18,19). The number of fused-ring (bicyclic) bond motifs is 1. The number of rotatable bonds is 4. The molecule has 1 aromatic heterocycles. The lowest BCUT2D eigenvalue weighted by Crippen LogP contribution is -2.04. The van der Waals surface area contributed by atoms with E-state index in [1.807, 2.05) is 13.0 Å². The van der Waals surface area contributed by atoms with Gasteiger partial charge in [0.2, 0.25) is 0 Å². The molecule has 1 N–H and O–H groups in total. The van der Waals surface area contributed by atoms with Gasteiger partial charge in [-0.15, -0.1) is 0 Å². The quantitative estimate of drug-likeness (QED) is 0.897. The maximum atomic E-state index is 13.9. The first-order valence-corrected chi connectivity index (χ1v) is 6.53. The van der Waals surface area contributed by atoms with Crippen molar-refractivity contribution in [3.05, 3.63) is 35.5 Å². The fraction of sp³-hybridized carbons (Fsp3) is 0.400. The van der Waals surface area contributed by atoms with Crippen molar-refractivity contribution in [2.24, 2.45) is 5.92 Å². The van der Waals surface area contributed by atoms with Gasteiger partial charge in [0.15, 0.2) is 0 Å². The van der Waals surface area contributed by atoms with Crippen molar-refractivity contribution in [1.29, 1.82) is 0 Å². The van der Waals surface area contributed by atoms with Crippen LogP contribution in [0.4, 0.5) is 14.5 Å². The van der Waals surface area contributed by atoms with Crippen LogP contribution in [0.15, 0.2) is 18.2 Å². The van der Waals surface area contributed by atoms with Gasteiger partial charge in [-0.1, -0.05) is 13.8 Å². The van der Waals surface area contributed by atoms with E-state index in [2.05, 4.69) is 24.1 Å². The predicted octanol–water partition coefficient (Wildman–Crippen LogP) is 4.14. The van der Waals surface area contributed by atoms with E-state index in [0.717, 1.165) is 18.2 Å². The van der Waals surface area contributed by atoms with E-state index in [-0.39, 0.29) is 0 Å². The predicted molar refractivity (Wildman–Crippen MR) is 74.4 cm³/mol. The normalized spacial score (nSPS) is 11.3. The Balaban J connectivity index is 2.64. The number of nitrogens with zero attached hydrogens (tertiary/aromatic N) is 1. The van der Waals surface area contributed by atoms with Crippen molar-refractivity contribution in [3.63, 3.8) is 0 Å². The molecule has 1 heterocycles. The highest BCUT2D eigenvalue weighted by molar-refractivity contribution is 5.92. The Morgan fingerprint density at radius 3 is 2.58 bits per heavy atom. The first kappa shape index (κ1) is 13.7. The Bertz CT molecular complexity index is 594. The minimum absolute atomic E-state index is 0.357. The van der Waals surface area contributed by atoms with E-state index in [9.17, 15) is 8.78 Å². The van der Waals surface area contributed by atoms with Crippen molar-refractivity contribution in [2.45, 2.75) is 27.2 Å². The molecule has 0 saturated carbocycles. The molecule has 0 fully saturated rings. The molecule has 0 bridgehead atoms. The number of anilines is 1. The summed E-state index contributed by atoms with van der Waals surface area (Å²) in [6.45, 7) is 6.79. The van der Waals surface area contributed by atoms with E-state index < -0.39 is 11.6 Å². The summed E-state index contributed by atoms with van der Waals surface area (Å²) in [7, 11) is 0. The van der Waals surface area contributed by atoms with Crippen LogP contribution in [0.5, 0.6) is 0 Å². The van der Waals surface area contributed by atoms with Gasteiger partial charge < -0.3 is 5.32 Å². The summed E-state index contributed by atoms with van der Waals surface area (Å²) >= 11 is 0. The van der Waals surface area contributed by atoms with Crippen LogP contribution in [-0.2, 0) is 6.42 Å². The van der Waals surface area contributed by atoms with Gasteiger partial charge in [-0.2, -0.15) is 0 Å². The largest absolute Gasteiger partial charge is 0.385 e. The number of benzene rings is 1. The molecule has 1 aromatic carbocycles. The van der Waals surface area contributed by atoms with Crippen LogP contribution in [0.1, 0.15) is 26.5 Å². The van der Waals surface area contributed by atoms with Crippen molar-refractivity contribution in [2.75, 3.05) is 11.9 Å². The molecule has 0 spiro atoms. The fourth-order valence-electron chi connectivity index (χ4n) is 2.19. The Morgan fingerprint density at radius 1 is 1.21 bits per heavy atom. The average Bonchev–Trinajstić information content (AvgIpc) is 2.26. The molecule has 0 radical (unpaired) electrons. The van der Waals surface area contributed by atoms with Crippen molar-refractivity contribution < 1.29 is 8.78 Å². The molecule has 0 unspecified atom stereocenters. The lowest BCUT2D eigenvalue weighted by atomic mass is 10.0. The molecule has 102 valence electrons. The van der Waals surface area contributed by atoms with E-state index in [1.165, 1.54) is 6.07 Å². The summed E-state index contributed by atoms with van der Waals surface area (Å²) in [5, 5.41) is 3.48. The van der Waals surface area contributed by atoms with Gasteiger partial charge in [0, 0.05) is 30.1 Å². The molecule has 19 heavy (non-hydrogen) atoms. The van der Waals surface area contributed by atoms with Gasteiger partial charge in [0.25, 0.3) is 0 Å². The van der Waals surface area contributed by atoms with Gasteiger partial charge in [-0.25, -0.2) is 8.78 Å². The van der Waals surface area contributed by atoms with Crippen LogP contribution in [0, 0.1) is 17.6 Å². The lowest BCUT2D eigenvalue weighted by molar-refractivity contribution is 0.591. The molecule has 4 heteroatoms. The van der Waals surface area contributed by atoms with Gasteiger partial charge >= 0.3 is 0 Å². The summed E-state index contributed by atoms with van der Waals surface area (Å²) in [5.74, 6) is -0.728. The topological polar surface area (TPSA) is 24.9 Å². The number of hydrogen-bond donors (Lipinski definition) is 1. The smallest absolute Gasteiger partial charge is 0.137 e. The van der Waals surface area contributed by atoms with Crippen LogP contribution < -0.4 is 5.32 Å².